The molecule has 42 heavy (non-hydrogen) atoms. The number of ether oxygens (including phenoxy) is 1. The maximum atomic E-state index is 13.4. The van der Waals surface area contributed by atoms with Crippen molar-refractivity contribution in [1.29, 1.82) is 0 Å². The minimum atomic E-state index is -4.45. The molecule has 3 aromatic heterocycles. The summed E-state index contributed by atoms with van der Waals surface area (Å²) in [5.41, 5.74) is -0.411. The highest BCUT2D eigenvalue weighted by atomic mass is 19.4. The van der Waals surface area contributed by atoms with E-state index < -0.39 is 23.2 Å². The third kappa shape index (κ3) is 4.28. The average molecular weight is 582 g/mol. The summed E-state index contributed by atoms with van der Waals surface area (Å²) >= 11 is 0. The zero-order valence-electron chi connectivity index (χ0n) is 22.7. The fourth-order valence-electron chi connectivity index (χ4n) is 5.45. The molecule has 2 N–H and O–H groups in total. The van der Waals surface area contributed by atoms with Crippen LogP contribution in [0.25, 0.3) is 10.9 Å². The number of aromatic nitrogens is 4. The number of fused-ring (bicyclic) bond motifs is 2. The molecule has 2 fully saturated rings. The lowest BCUT2D eigenvalue weighted by Crippen LogP contribution is -2.49. The first-order chi connectivity index (χ1) is 20.0. The van der Waals surface area contributed by atoms with Crippen LogP contribution in [-0.2, 0) is 23.2 Å². The van der Waals surface area contributed by atoms with Gasteiger partial charge < -0.3 is 19.5 Å². The number of carbonyl (C=O) groups excluding carboxylic acids is 2. The second-order valence-electron chi connectivity index (χ2n) is 11.4. The minimum absolute atomic E-state index is 0.0536. The molecule has 0 radical (unpaired) electrons. The Morgan fingerprint density at radius 1 is 1.19 bits per heavy atom. The normalized spacial score (nSPS) is 22.5. The Kier molecular flexibility index (Phi) is 5.68. The van der Waals surface area contributed by atoms with E-state index in [4.69, 9.17) is 9.26 Å². The molecule has 2 aliphatic heterocycles. The van der Waals surface area contributed by atoms with Crippen LogP contribution in [0.15, 0.2) is 47.4 Å². The van der Waals surface area contributed by atoms with Gasteiger partial charge in [0.25, 0.3) is 0 Å². The fraction of sp³-hybridized carbons (Fsp3) is 0.393. The molecule has 218 valence electrons. The Bertz CT molecular complexity index is 1740. The van der Waals surface area contributed by atoms with Crippen LogP contribution >= 0.6 is 0 Å². The summed E-state index contributed by atoms with van der Waals surface area (Å²) in [6.45, 7) is 4.91. The summed E-state index contributed by atoms with van der Waals surface area (Å²) in [6.07, 6.45) is -1.09. The number of hydrogen-bond acceptors (Lipinski definition) is 8. The molecular formula is C28H26F3N7O4. The lowest BCUT2D eigenvalue weighted by molar-refractivity contribution is -0.165. The number of halogens is 3. The zero-order chi connectivity index (χ0) is 29.4. The van der Waals surface area contributed by atoms with Crippen molar-refractivity contribution in [2.24, 2.45) is 0 Å². The van der Waals surface area contributed by atoms with Crippen LogP contribution in [0.3, 0.4) is 0 Å². The number of alkyl halides is 3. The molecule has 14 heteroatoms. The third-order valence-corrected chi connectivity index (χ3v) is 8.39. The zero-order valence-corrected chi connectivity index (χ0v) is 22.7. The Morgan fingerprint density at radius 2 is 1.98 bits per heavy atom. The van der Waals surface area contributed by atoms with Gasteiger partial charge in [-0.15, -0.1) is 0 Å². The van der Waals surface area contributed by atoms with Crippen molar-refractivity contribution in [3.8, 4) is 11.6 Å². The Morgan fingerprint density at radius 3 is 2.69 bits per heavy atom. The minimum Gasteiger partial charge on any atom is -0.439 e. The van der Waals surface area contributed by atoms with Crippen LogP contribution in [0, 0.1) is 0 Å². The van der Waals surface area contributed by atoms with Gasteiger partial charge in [-0.3, -0.25) is 14.7 Å². The first-order valence-electron chi connectivity index (χ1n) is 13.5. The van der Waals surface area contributed by atoms with Crippen molar-refractivity contribution >= 4 is 28.7 Å². The Hall–Kier alpha value is -4.46. The van der Waals surface area contributed by atoms with E-state index in [0.29, 0.717) is 42.0 Å². The van der Waals surface area contributed by atoms with Gasteiger partial charge in [0.05, 0.1) is 17.8 Å². The monoisotopic (exact) mass is 581 g/mol. The van der Waals surface area contributed by atoms with E-state index in [1.807, 2.05) is 18.7 Å². The first kappa shape index (κ1) is 26.4. The first-order valence-corrected chi connectivity index (χ1v) is 13.5. The summed E-state index contributed by atoms with van der Waals surface area (Å²) < 4.78 is 52.6. The molecule has 2 atom stereocenters. The molecule has 11 nitrogen and oxygen atoms in total. The third-order valence-electron chi connectivity index (χ3n) is 8.39. The highest BCUT2D eigenvalue weighted by molar-refractivity contribution is 5.98. The summed E-state index contributed by atoms with van der Waals surface area (Å²) in [6, 6.07) is 7.31. The van der Waals surface area contributed by atoms with Crippen molar-refractivity contribution < 1.29 is 32.0 Å². The molecule has 4 aromatic rings. The topological polar surface area (TPSA) is 137 Å². The molecule has 1 saturated carbocycles. The van der Waals surface area contributed by atoms with Gasteiger partial charge in [0.15, 0.2) is 11.6 Å². The predicted octanol–water partition coefficient (Wildman–Crippen LogP) is 4.52. The number of anilines is 1. The molecule has 1 aliphatic carbocycles. The number of carbonyl (C=O) groups is 2. The van der Waals surface area contributed by atoms with E-state index in [0.717, 1.165) is 17.3 Å². The van der Waals surface area contributed by atoms with Gasteiger partial charge in [-0.05, 0) is 57.4 Å². The molecular weight excluding hydrogens is 555 g/mol. The van der Waals surface area contributed by atoms with E-state index in [1.54, 1.807) is 24.3 Å². The van der Waals surface area contributed by atoms with Gasteiger partial charge in [0, 0.05) is 35.8 Å². The van der Waals surface area contributed by atoms with Crippen molar-refractivity contribution in [1.82, 2.24) is 29.9 Å². The average Bonchev–Trinajstić information content (AvgIpc) is 3.82. The Labute approximate surface area is 237 Å². The quantitative estimate of drug-likeness (QED) is 0.328. The van der Waals surface area contributed by atoms with Crippen LogP contribution in [0.2, 0.25) is 0 Å². The van der Waals surface area contributed by atoms with E-state index in [-0.39, 0.29) is 36.4 Å². The maximum Gasteiger partial charge on any atom is 0.401 e. The molecule has 0 spiro atoms. The van der Waals surface area contributed by atoms with Gasteiger partial charge in [-0.25, -0.2) is 14.8 Å². The lowest BCUT2D eigenvalue weighted by atomic mass is 9.97. The number of rotatable bonds is 5. The van der Waals surface area contributed by atoms with Crippen molar-refractivity contribution in [3.05, 3.63) is 59.9 Å². The smallest absolute Gasteiger partial charge is 0.401 e. The molecule has 2 amide bonds. The second-order valence-corrected chi connectivity index (χ2v) is 11.4. The Balaban J connectivity index is 1.07. The van der Waals surface area contributed by atoms with Crippen LogP contribution in [0.4, 0.5) is 23.8 Å². The van der Waals surface area contributed by atoms with E-state index in [9.17, 15) is 22.8 Å². The highest BCUT2D eigenvalue weighted by Crippen LogP contribution is 2.59. The SMILES string of the molecule is C[C@H]1Cc2c(ncnc2Oc2ccc3c(ccn3C(=O)Nc3cc(C4(C(F)(F)F)CC4)on3)c2)CN1C(=O)C1(C)CN1. The summed E-state index contributed by atoms with van der Waals surface area (Å²) in [5, 5.41) is 9.93. The molecule has 0 bridgehead atoms. The van der Waals surface area contributed by atoms with E-state index >= 15 is 0 Å². The standard InChI is InChI=1S/C28H26F3N7O4/c1-15-9-18-19(12-38(15)24(39)26(2)13-34-26)32-14-33-23(18)41-17-3-4-20-16(10-17)5-8-37(20)25(40)35-22-11-21(42-36-22)27(6-7-27)28(29,30)31/h3-5,8,10-11,14-15,34H,6-7,9,12-13H2,1-2H3,(H,35,36,40)/t15-,26?/m0/s1. The molecule has 7 rings (SSSR count). The summed E-state index contributed by atoms with van der Waals surface area (Å²) in [4.78, 5) is 36.5. The van der Waals surface area contributed by atoms with Crippen LogP contribution in [0.5, 0.6) is 11.6 Å². The van der Waals surface area contributed by atoms with Crippen molar-refractivity contribution in [2.45, 2.75) is 62.8 Å². The van der Waals surface area contributed by atoms with Crippen LogP contribution in [-0.4, -0.2) is 60.8 Å². The van der Waals surface area contributed by atoms with E-state index in [1.165, 1.54) is 17.1 Å². The molecule has 5 heterocycles. The number of hydrogen-bond donors (Lipinski definition) is 2. The fourth-order valence-corrected chi connectivity index (χ4v) is 5.45. The van der Waals surface area contributed by atoms with Crippen LogP contribution in [0.1, 0.15) is 43.7 Å². The van der Waals surface area contributed by atoms with Crippen molar-refractivity contribution in [3.63, 3.8) is 0 Å². The summed E-state index contributed by atoms with van der Waals surface area (Å²) in [5.74, 6) is 0.542. The van der Waals surface area contributed by atoms with Gasteiger partial charge >= 0.3 is 12.2 Å². The molecule has 3 aliphatic rings. The summed E-state index contributed by atoms with van der Waals surface area (Å²) in [7, 11) is 0. The van der Waals surface area contributed by atoms with Gasteiger partial charge in [0.1, 0.15) is 23.0 Å². The highest BCUT2D eigenvalue weighted by Gasteiger charge is 2.67. The number of amides is 2. The molecule has 1 aromatic carbocycles. The number of benzene rings is 1. The van der Waals surface area contributed by atoms with Crippen molar-refractivity contribution in [2.75, 3.05) is 11.9 Å². The van der Waals surface area contributed by atoms with Crippen LogP contribution < -0.4 is 15.4 Å². The van der Waals surface area contributed by atoms with E-state index in [2.05, 4.69) is 25.8 Å². The van der Waals surface area contributed by atoms with Gasteiger partial charge in [-0.2, -0.15) is 13.2 Å². The maximum absolute atomic E-state index is 13.4. The second kappa shape index (κ2) is 9.02. The molecule has 1 unspecified atom stereocenters. The molecule has 1 saturated heterocycles. The predicted molar refractivity (Wildman–Crippen MR) is 142 cm³/mol. The largest absolute Gasteiger partial charge is 0.439 e. The number of nitrogens with one attached hydrogen (secondary N) is 2. The van der Waals surface area contributed by atoms with Gasteiger partial charge in [-0.1, -0.05) is 5.16 Å². The van der Waals surface area contributed by atoms with Gasteiger partial charge in [0.2, 0.25) is 11.8 Å². The number of nitrogens with zero attached hydrogens (tertiary/aromatic N) is 5. The lowest BCUT2D eigenvalue weighted by Gasteiger charge is -2.35.